The van der Waals surface area contributed by atoms with Gasteiger partial charge in [-0.15, -0.1) is 0 Å². The second-order valence-corrected chi connectivity index (χ2v) is 3.97. The van der Waals surface area contributed by atoms with Gasteiger partial charge in [-0.2, -0.15) is 0 Å². The number of halogens is 1. The highest BCUT2D eigenvalue weighted by molar-refractivity contribution is 6.31. The summed E-state index contributed by atoms with van der Waals surface area (Å²) in [6, 6.07) is 4.77. The van der Waals surface area contributed by atoms with Gasteiger partial charge in [0.05, 0.1) is 18.6 Å². The number of nitrogens with one attached hydrogen (secondary N) is 1. The van der Waals surface area contributed by atoms with Crippen LogP contribution in [0, 0.1) is 0 Å². The van der Waals surface area contributed by atoms with Crippen molar-refractivity contribution in [3.63, 3.8) is 0 Å². The lowest BCUT2D eigenvalue weighted by atomic mass is 10.1. The number of carbonyl (C=O) groups is 2. The number of anilines is 1. The molecular formula is C12H15ClN2O3. The van der Waals surface area contributed by atoms with Gasteiger partial charge in [-0.25, -0.2) is 0 Å². The molecule has 0 spiro atoms. The third kappa shape index (κ3) is 4.25. The van der Waals surface area contributed by atoms with Crippen LogP contribution in [0.4, 0.5) is 5.69 Å². The monoisotopic (exact) mass is 270 g/mol. The molecule has 0 fully saturated rings. The van der Waals surface area contributed by atoms with Gasteiger partial charge < -0.3 is 15.8 Å². The molecule has 1 aromatic carbocycles. The molecule has 0 atom stereocenters. The molecule has 0 saturated heterocycles. The lowest BCUT2D eigenvalue weighted by molar-refractivity contribution is -0.142. The first kappa shape index (κ1) is 14.3. The van der Waals surface area contributed by atoms with Gasteiger partial charge in [-0.3, -0.25) is 9.59 Å². The maximum atomic E-state index is 11.2. The van der Waals surface area contributed by atoms with Crippen molar-refractivity contribution in [1.82, 2.24) is 0 Å². The van der Waals surface area contributed by atoms with Crippen LogP contribution in [0.1, 0.15) is 23.7 Å². The Labute approximate surface area is 110 Å². The third-order valence-electron chi connectivity index (χ3n) is 2.20. The van der Waals surface area contributed by atoms with E-state index in [1.165, 1.54) is 6.07 Å². The highest BCUT2D eigenvalue weighted by Gasteiger charge is 2.09. The molecule has 6 heteroatoms. The normalized spacial score (nSPS) is 9.89. The standard InChI is InChI=1S/C12H15ClN2O3/c1-2-18-11(16)5-6-15-10-4-3-8(13)7-9(10)12(14)17/h3-4,7,15H,2,5-6H2,1H3,(H2,14,17). The van der Waals surface area contributed by atoms with Crippen molar-refractivity contribution < 1.29 is 14.3 Å². The summed E-state index contributed by atoms with van der Waals surface area (Å²) < 4.78 is 4.78. The molecule has 0 bridgehead atoms. The summed E-state index contributed by atoms with van der Waals surface area (Å²) in [5.74, 6) is -0.865. The fraction of sp³-hybridized carbons (Fsp3) is 0.333. The number of ether oxygens (including phenoxy) is 1. The zero-order valence-corrected chi connectivity index (χ0v) is 10.8. The van der Waals surface area contributed by atoms with Crippen LogP contribution in [0.15, 0.2) is 18.2 Å². The van der Waals surface area contributed by atoms with Crippen molar-refractivity contribution in [2.24, 2.45) is 5.73 Å². The first-order chi connectivity index (χ1) is 8.54. The summed E-state index contributed by atoms with van der Waals surface area (Å²) in [5, 5.41) is 3.38. The van der Waals surface area contributed by atoms with Crippen molar-refractivity contribution in [3.8, 4) is 0 Å². The second-order valence-electron chi connectivity index (χ2n) is 3.54. The Morgan fingerprint density at radius 1 is 1.44 bits per heavy atom. The Kier molecular flexibility index (Phi) is 5.45. The Balaban J connectivity index is 2.62. The average molecular weight is 271 g/mol. The molecule has 98 valence electrons. The Morgan fingerprint density at radius 2 is 2.17 bits per heavy atom. The van der Waals surface area contributed by atoms with Crippen molar-refractivity contribution >= 4 is 29.2 Å². The number of nitrogens with two attached hydrogens (primary N) is 1. The number of hydrogen-bond donors (Lipinski definition) is 2. The first-order valence-corrected chi connectivity index (χ1v) is 5.91. The zero-order valence-electron chi connectivity index (χ0n) is 10.0. The highest BCUT2D eigenvalue weighted by atomic mass is 35.5. The van der Waals surface area contributed by atoms with Crippen LogP contribution in [0.2, 0.25) is 5.02 Å². The predicted molar refractivity (Wildman–Crippen MR) is 69.7 cm³/mol. The highest BCUT2D eigenvalue weighted by Crippen LogP contribution is 2.20. The first-order valence-electron chi connectivity index (χ1n) is 5.53. The molecule has 0 unspecified atom stereocenters. The van der Waals surface area contributed by atoms with E-state index >= 15 is 0 Å². The summed E-state index contributed by atoms with van der Waals surface area (Å²) in [4.78, 5) is 22.3. The van der Waals surface area contributed by atoms with Gasteiger partial charge in [0.25, 0.3) is 5.91 Å². The third-order valence-corrected chi connectivity index (χ3v) is 2.43. The molecule has 0 heterocycles. The fourth-order valence-electron chi connectivity index (χ4n) is 1.41. The van der Waals surface area contributed by atoms with Crippen LogP contribution in [0.25, 0.3) is 0 Å². The largest absolute Gasteiger partial charge is 0.466 e. The SMILES string of the molecule is CCOC(=O)CCNc1ccc(Cl)cc1C(N)=O. The van der Waals surface area contributed by atoms with E-state index in [1.807, 2.05) is 0 Å². The molecule has 0 aliphatic rings. The van der Waals surface area contributed by atoms with Crippen LogP contribution < -0.4 is 11.1 Å². The lowest BCUT2D eigenvalue weighted by Crippen LogP contribution is -2.16. The van der Waals surface area contributed by atoms with Crippen molar-refractivity contribution in [2.45, 2.75) is 13.3 Å². The summed E-state index contributed by atoms with van der Waals surface area (Å²) in [5.41, 5.74) is 6.08. The molecule has 0 radical (unpaired) electrons. The molecule has 1 aromatic rings. The number of amides is 1. The Morgan fingerprint density at radius 3 is 2.78 bits per heavy atom. The minimum atomic E-state index is -0.573. The number of rotatable bonds is 6. The number of benzene rings is 1. The molecule has 0 saturated carbocycles. The van der Waals surface area contributed by atoms with Crippen LogP contribution >= 0.6 is 11.6 Å². The molecule has 0 aromatic heterocycles. The Hall–Kier alpha value is -1.75. The molecule has 0 aliphatic carbocycles. The van der Waals surface area contributed by atoms with E-state index in [1.54, 1.807) is 19.1 Å². The number of esters is 1. The lowest BCUT2D eigenvalue weighted by Gasteiger charge is -2.10. The molecular weight excluding hydrogens is 256 g/mol. The zero-order chi connectivity index (χ0) is 13.5. The quantitative estimate of drug-likeness (QED) is 0.773. The van der Waals surface area contributed by atoms with E-state index in [4.69, 9.17) is 22.1 Å². The van der Waals surface area contributed by atoms with Crippen LogP contribution in [0.5, 0.6) is 0 Å². The number of primary amides is 1. The van der Waals surface area contributed by atoms with Crippen molar-refractivity contribution in [2.75, 3.05) is 18.5 Å². The summed E-state index contributed by atoms with van der Waals surface area (Å²) in [7, 11) is 0. The maximum Gasteiger partial charge on any atom is 0.307 e. The van der Waals surface area contributed by atoms with E-state index in [0.717, 1.165) is 0 Å². The van der Waals surface area contributed by atoms with Gasteiger partial charge in [0.15, 0.2) is 0 Å². The van der Waals surface area contributed by atoms with Gasteiger partial charge in [0.1, 0.15) is 0 Å². The van der Waals surface area contributed by atoms with Gasteiger partial charge in [-0.1, -0.05) is 11.6 Å². The van der Waals surface area contributed by atoms with Crippen LogP contribution in [0.3, 0.4) is 0 Å². The summed E-state index contributed by atoms with van der Waals surface area (Å²) in [6.07, 6.45) is 0.217. The van der Waals surface area contributed by atoms with E-state index in [9.17, 15) is 9.59 Å². The maximum absolute atomic E-state index is 11.2. The molecule has 1 rings (SSSR count). The van der Waals surface area contributed by atoms with Gasteiger partial charge in [0.2, 0.25) is 0 Å². The van der Waals surface area contributed by atoms with Gasteiger partial charge in [0, 0.05) is 17.3 Å². The fourth-order valence-corrected chi connectivity index (χ4v) is 1.58. The molecule has 0 aliphatic heterocycles. The second kappa shape index (κ2) is 6.86. The minimum absolute atomic E-state index is 0.217. The van der Waals surface area contributed by atoms with E-state index < -0.39 is 5.91 Å². The van der Waals surface area contributed by atoms with Crippen LogP contribution in [-0.4, -0.2) is 25.0 Å². The van der Waals surface area contributed by atoms with Crippen LogP contribution in [-0.2, 0) is 9.53 Å². The summed E-state index contributed by atoms with van der Waals surface area (Å²) >= 11 is 5.78. The smallest absolute Gasteiger partial charge is 0.307 e. The van der Waals surface area contributed by atoms with E-state index in [2.05, 4.69) is 5.32 Å². The van der Waals surface area contributed by atoms with Crippen molar-refractivity contribution in [1.29, 1.82) is 0 Å². The van der Waals surface area contributed by atoms with Gasteiger partial charge in [-0.05, 0) is 25.1 Å². The predicted octanol–water partition coefficient (Wildman–Crippen LogP) is 1.80. The molecule has 3 N–H and O–H groups in total. The van der Waals surface area contributed by atoms with E-state index in [-0.39, 0.29) is 12.4 Å². The molecule has 1 amide bonds. The Bertz CT molecular complexity index is 449. The van der Waals surface area contributed by atoms with Crippen molar-refractivity contribution in [3.05, 3.63) is 28.8 Å². The van der Waals surface area contributed by atoms with Gasteiger partial charge >= 0.3 is 5.97 Å². The minimum Gasteiger partial charge on any atom is -0.466 e. The average Bonchev–Trinajstić information content (AvgIpc) is 2.31. The summed E-state index contributed by atoms with van der Waals surface area (Å²) in [6.45, 7) is 2.46. The van der Waals surface area contributed by atoms with E-state index in [0.29, 0.717) is 29.4 Å². The topological polar surface area (TPSA) is 81.4 Å². The number of carbonyl (C=O) groups excluding carboxylic acids is 2. The molecule has 5 nitrogen and oxygen atoms in total. The molecule has 18 heavy (non-hydrogen) atoms. The number of hydrogen-bond acceptors (Lipinski definition) is 4.